The predicted octanol–water partition coefficient (Wildman–Crippen LogP) is 2.41. The molecule has 5 nitrogen and oxygen atoms in total. The topological polar surface area (TPSA) is 66.8 Å². The van der Waals surface area contributed by atoms with E-state index in [2.05, 4.69) is 0 Å². The Bertz CT molecular complexity index is 613. The van der Waals surface area contributed by atoms with Gasteiger partial charge in [-0.2, -0.15) is 0 Å². The van der Waals surface area contributed by atoms with E-state index in [0.29, 0.717) is 24.9 Å². The summed E-state index contributed by atoms with van der Waals surface area (Å²) in [6.07, 6.45) is 2.98. The van der Waals surface area contributed by atoms with Crippen LogP contribution in [0.1, 0.15) is 40.0 Å². The Hall–Kier alpha value is -1.95. The minimum atomic E-state index is -1.20. The lowest BCUT2D eigenvalue weighted by atomic mass is 9.85. The molecule has 2 aliphatic rings. The molecular weight excluding hydrogens is 301 g/mol. The van der Waals surface area contributed by atoms with Gasteiger partial charge in [0, 0.05) is 26.3 Å². The van der Waals surface area contributed by atoms with E-state index in [4.69, 9.17) is 9.84 Å². The molecule has 1 amide bonds. The summed E-state index contributed by atoms with van der Waals surface area (Å²) in [4.78, 5) is 25.0. The Morgan fingerprint density at radius 3 is 2.57 bits per heavy atom. The van der Waals surface area contributed by atoms with E-state index in [1.165, 1.54) is 12.1 Å². The molecule has 0 bridgehead atoms. The maximum atomic E-state index is 14.0. The minimum absolute atomic E-state index is 0.0531. The number of aromatic carboxylic acids is 1. The van der Waals surface area contributed by atoms with Crippen molar-refractivity contribution < 1.29 is 23.8 Å². The number of carbonyl (C=O) groups is 2. The summed E-state index contributed by atoms with van der Waals surface area (Å²) in [6.45, 7) is 2.82. The highest BCUT2D eigenvalue weighted by Gasteiger charge is 2.33. The SMILES string of the molecule is O=C(O)c1ccc(C(=O)N2CCC(C3CCOCC3)C2)c(F)c1. The van der Waals surface area contributed by atoms with E-state index in [1.807, 2.05) is 0 Å². The number of amides is 1. The lowest BCUT2D eigenvalue weighted by molar-refractivity contribution is 0.0471. The van der Waals surface area contributed by atoms with Crippen LogP contribution < -0.4 is 0 Å². The van der Waals surface area contributed by atoms with Crippen LogP contribution in [0.2, 0.25) is 0 Å². The van der Waals surface area contributed by atoms with Crippen molar-refractivity contribution in [3.05, 3.63) is 35.1 Å². The standard InChI is InChI=1S/C17H20FNO4/c18-15-9-12(17(21)22)1-2-14(15)16(20)19-6-3-13(10-19)11-4-7-23-8-5-11/h1-2,9,11,13H,3-8,10H2,(H,21,22). The molecule has 1 unspecified atom stereocenters. The molecule has 1 atom stereocenters. The van der Waals surface area contributed by atoms with Gasteiger partial charge in [0.15, 0.2) is 0 Å². The zero-order valence-corrected chi connectivity index (χ0v) is 12.8. The molecule has 6 heteroatoms. The van der Waals surface area contributed by atoms with Crippen LogP contribution in [0.15, 0.2) is 18.2 Å². The highest BCUT2D eigenvalue weighted by molar-refractivity contribution is 5.96. The fourth-order valence-corrected chi connectivity index (χ4v) is 3.54. The van der Waals surface area contributed by atoms with Gasteiger partial charge in [-0.15, -0.1) is 0 Å². The third-order valence-corrected chi connectivity index (χ3v) is 4.89. The number of likely N-dealkylation sites (tertiary alicyclic amines) is 1. The van der Waals surface area contributed by atoms with Crippen molar-refractivity contribution in [3.8, 4) is 0 Å². The summed E-state index contributed by atoms with van der Waals surface area (Å²) in [6, 6.07) is 3.44. The number of halogens is 1. The van der Waals surface area contributed by atoms with Gasteiger partial charge in [0.2, 0.25) is 0 Å². The Balaban J connectivity index is 1.68. The van der Waals surface area contributed by atoms with Gasteiger partial charge in [-0.1, -0.05) is 0 Å². The first-order chi connectivity index (χ1) is 11.1. The second-order valence-corrected chi connectivity index (χ2v) is 6.25. The third-order valence-electron chi connectivity index (χ3n) is 4.89. The first-order valence-electron chi connectivity index (χ1n) is 7.96. The summed E-state index contributed by atoms with van der Waals surface area (Å²) in [5.74, 6) is -1.31. The monoisotopic (exact) mass is 321 g/mol. The Morgan fingerprint density at radius 1 is 1.17 bits per heavy atom. The summed E-state index contributed by atoms with van der Waals surface area (Å²) in [5.41, 5.74) is -0.205. The normalized spacial score (nSPS) is 22.3. The van der Waals surface area contributed by atoms with E-state index in [-0.39, 0.29) is 17.0 Å². The van der Waals surface area contributed by atoms with Gasteiger partial charge < -0.3 is 14.7 Å². The molecule has 2 saturated heterocycles. The quantitative estimate of drug-likeness (QED) is 0.928. The van der Waals surface area contributed by atoms with Crippen molar-refractivity contribution in [2.24, 2.45) is 11.8 Å². The molecule has 23 heavy (non-hydrogen) atoms. The fourth-order valence-electron chi connectivity index (χ4n) is 3.54. The maximum absolute atomic E-state index is 14.0. The largest absolute Gasteiger partial charge is 0.478 e. The molecule has 124 valence electrons. The average Bonchev–Trinajstić information content (AvgIpc) is 3.05. The molecular formula is C17H20FNO4. The van der Waals surface area contributed by atoms with E-state index < -0.39 is 11.8 Å². The maximum Gasteiger partial charge on any atom is 0.335 e. The van der Waals surface area contributed by atoms with E-state index in [9.17, 15) is 14.0 Å². The second kappa shape index (κ2) is 6.66. The van der Waals surface area contributed by atoms with Crippen molar-refractivity contribution in [2.75, 3.05) is 26.3 Å². The predicted molar refractivity (Wildman–Crippen MR) is 80.9 cm³/mol. The molecule has 3 rings (SSSR count). The molecule has 2 heterocycles. The fraction of sp³-hybridized carbons (Fsp3) is 0.529. The van der Waals surface area contributed by atoms with Crippen LogP contribution >= 0.6 is 0 Å². The van der Waals surface area contributed by atoms with Crippen molar-refractivity contribution in [3.63, 3.8) is 0 Å². The van der Waals surface area contributed by atoms with Crippen LogP contribution in [-0.2, 0) is 4.74 Å². The Morgan fingerprint density at radius 2 is 1.91 bits per heavy atom. The van der Waals surface area contributed by atoms with E-state index >= 15 is 0 Å². The van der Waals surface area contributed by atoms with Gasteiger partial charge in [0.05, 0.1) is 11.1 Å². The van der Waals surface area contributed by atoms with Crippen molar-refractivity contribution in [1.82, 2.24) is 4.90 Å². The number of carboxylic acid groups (broad SMARTS) is 1. The summed E-state index contributed by atoms with van der Waals surface area (Å²) >= 11 is 0. The van der Waals surface area contributed by atoms with E-state index in [0.717, 1.165) is 38.5 Å². The molecule has 1 aromatic rings. The molecule has 2 fully saturated rings. The lowest BCUT2D eigenvalue weighted by Crippen LogP contribution is -2.31. The van der Waals surface area contributed by atoms with Gasteiger partial charge in [0.25, 0.3) is 5.91 Å². The number of carbonyl (C=O) groups excluding carboxylic acids is 1. The van der Waals surface area contributed by atoms with Crippen LogP contribution in [0.25, 0.3) is 0 Å². The number of hydrogen-bond acceptors (Lipinski definition) is 3. The van der Waals surface area contributed by atoms with Crippen LogP contribution in [0.4, 0.5) is 4.39 Å². The summed E-state index contributed by atoms with van der Waals surface area (Å²) < 4.78 is 19.4. The third kappa shape index (κ3) is 3.37. The van der Waals surface area contributed by atoms with Crippen molar-refractivity contribution in [2.45, 2.75) is 19.3 Å². The molecule has 0 aromatic heterocycles. The number of nitrogens with zero attached hydrogens (tertiary/aromatic N) is 1. The number of benzene rings is 1. The molecule has 2 aliphatic heterocycles. The van der Waals surface area contributed by atoms with Crippen LogP contribution in [0.3, 0.4) is 0 Å². The van der Waals surface area contributed by atoms with Crippen LogP contribution in [-0.4, -0.2) is 48.2 Å². The number of ether oxygens (including phenoxy) is 1. The van der Waals surface area contributed by atoms with Gasteiger partial charge >= 0.3 is 5.97 Å². The highest BCUT2D eigenvalue weighted by atomic mass is 19.1. The molecule has 0 saturated carbocycles. The molecule has 0 radical (unpaired) electrons. The van der Waals surface area contributed by atoms with Crippen LogP contribution in [0.5, 0.6) is 0 Å². The average molecular weight is 321 g/mol. The Kier molecular flexibility index (Phi) is 4.61. The summed E-state index contributed by atoms with van der Waals surface area (Å²) in [5, 5.41) is 8.86. The molecule has 0 aliphatic carbocycles. The number of carboxylic acids is 1. The lowest BCUT2D eigenvalue weighted by Gasteiger charge is -2.27. The van der Waals surface area contributed by atoms with Gasteiger partial charge in [-0.05, 0) is 49.3 Å². The molecule has 1 aromatic carbocycles. The Labute approximate surface area is 134 Å². The van der Waals surface area contributed by atoms with Gasteiger partial charge in [-0.25, -0.2) is 9.18 Å². The zero-order chi connectivity index (χ0) is 16.4. The van der Waals surface area contributed by atoms with Crippen LogP contribution in [0, 0.1) is 17.7 Å². The van der Waals surface area contributed by atoms with Gasteiger partial charge in [0.1, 0.15) is 5.82 Å². The van der Waals surface area contributed by atoms with E-state index in [1.54, 1.807) is 4.90 Å². The first kappa shape index (κ1) is 15.9. The first-order valence-corrected chi connectivity index (χ1v) is 7.96. The number of rotatable bonds is 3. The smallest absolute Gasteiger partial charge is 0.335 e. The van der Waals surface area contributed by atoms with Crippen molar-refractivity contribution >= 4 is 11.9 Å². The highest BCUT2D eigenvalue weighted by Crippen LogP contribution is 2.32. The molecule has 1 N–H and O–H groups in total. The zero-order valence-electron chi connectivity index (χ0n) is 12.8. The molecule has 0 spiro atoms. The minimum Gasteiger partial charge on any atom is -0.478 e. The summed E-state index contributed by atoms with van der Waals surface area (Å²) in [7, 11) is 0. The van der Waals surface area contributed by atoms with Gasteiger partial charge in [-0.3, -0.25) is 4.79 Å². The second-order valence-electron chi connectivity index (χ2n) is 6.25. The van der Waals surface area contributed by atoms with Crippen molar-refractivity contribution in [1.29, 1.82) is 0 Å². The number of hydrogen-bond donors (Lipinski definition) is 1.